The van der Waals surface area contributed by atoms with Gasteiger partial charge in [0.2, 0.25) is 0 Å². The molecule has 0 saturated heterocycles. The molecule has 3 N–H and O–H groups in total. The Labute approximate surface area is 118 Å². The van der Waals surface area contributed by atoms with Gasteiger partial charge in [-0.2, -0.15) is 0 Å². The fourth-order valence-corrected chi connectivity index (χ4v) is 2.94. The van der Waals surface area contributed by atoms with Crippen LogP contribution in [0.4, 0.5) is 11.4 Å². The third-order valence-corrected chi connectivity index (χ3v) is 4.19. The molecule has 0 radical (unpaired) electrons. The lowest BCUT2D eigenvalue weighted by atomic mass is 10.2. The molecule has 2 aromatic rings. The summed E-state index contributed by atoms with van der Waals surface area (Å²) in [4.78, 5) is 0.131. The van der Waals surface area contributed by atoms with Crippen molar-refractivity contribution in [1.82, 2.24) is 0 Å². The molecule has 2 aromatic carbocycles. The summed E-state index contributed by atoms with van der Waals surface area (Å²) in [6, 6.07) is 11.2. The van der Waals surface area contributed by atoms with Gasteiger partial charge < -0.3 is 10.5 Å². The van der Waals surface area contributed by atoms with Gasteiger partial charge in [0.25, 0.3) is 10.0 Å². The predicted octanol–water partition coefficient (Wildman–Crippen LogP) is 2.39. The summed E-state index contributed by atoms with van der Waals surface area (Å²) < 4.78 is 32.1. The molecule has 0 heterocycles. The van der Waals surface area contributed by atoms with Crippen LogP contribution in [0.25, 0.3) is 0 Å². The molecule has 20 heavy (non-hydrogen) atoms. The van der Waals surface area contributed by atoms with Crippen molar-refractivity contribution >= 4 is 21.4 Å². The van der Waals surface area contributed by atoms with Gasteiger partial charge in [0.05, 0.1) is 12.0 Å². The molecule has 0 aliphatic carbocycles. The Hall–Kier alpha value is -2.21. The molecule has 0 aliphatic heterocycles. The number of hydrogen-bond acceptors (Lipinski definition) is 4. The van der Waals surface area contributed by atoms with Crippen molar-refractivity contribution in [2.45, 2.75) is 11.8 Å². The van der Waals surface area contributed by atoms with Crippen molar-refractivity contribution in [1.29, 1.82) is 0 Å². The van der Waals surface area contributed by atoms with E-state index in [2.05, 4.69) is 4.72 Å². The molecular weight excluding hydrogens is 276 g/mol. The van der Waals surface area contributed by atoms with Crippen LogP contribution in [0.5, 0.6) is 5.75 Å². The Morgan fingerprint density at radius 3 is 2.50 bits per heavy atom. The summed E-state index contributed by atoms with van der Waals surface area (Å²) in [5.41, 5.74) is 7.33. The molecule has 0 saturated carbocycles. The molecule has 5 nitrogen and oxygen atoms in total. The molecule has 0 aromatic heterocycles. The van der Waals surface area contributed by atoms with Gasteiger partial charge in [0, 0.05) is 11.4 Å². The van der Waals surface area contributed by atoms with Crippen LogP contribution in [0, 0.1) is 6.92 Å². The van der Waals surface area contributed by atoms with Crippen LogP contribution in [0.15, 0.2) is 47.4 Å². The number of methoxy groups -OCH3 is 1. The molecular formula is C14H16N2O3S. The van der Waals surface area contributed by atoms with E-state index in [1.165, 1.54) is 12.1 Å². The third-order valence-electron chi connectivity index (χ3n) is 2.82. The monoisotopic (exact) mass is 292 g/mol. The average Bonchev–Trinajstić information content (AvgIpc) is 2.38. The minimum Gasteiger partial charge on any atom is -0.496 e. The van der Waals surface area contributed by atoms with E-state index < -0.39 is 10.0 Å². The van der Waals surface area contributed by atoms with Crippen LogP contribution in [-0.2, 0) is 10.0 Å². The Morgan fingerprint density at radius 1 is 1.15 bits per heavy atom. The highest BCUT2D eigenvalue weighted by atomic mass is 32.2. The van der Waals surface area contributed by atoms with Crippen LogP contribution in [0.1, 0.15) is 5.56 Å². The molecule has 0 amide bonds. The maximum Gasteiger partial charge on any atom is 0.261 e. The second kappa shape index (κ2) is 5.42. The second-order valence-corrected chi connectivity index (χ2v) is 6.04. The number of anilines is 2. The fraction of sp³-hybridized carbons (Fsp3) is 0.143. The standard InChI is InChI=1S/C14H16N2O3S/c1-10-8-12(6-7-14(10)19-2)16-20(17,18)13-5-3-4-11(15)9-13/h3-9,16H,15H2,1-2H3. The summed E-state index contributed by atoms with van der Waals surface area (Å²) in [6.07, 6.45) is 0. The Kier molecular flexibility index (Phi) is 3.85. The highest BCUT2D eigenvalue weighted by Crippen LogP contribution is 2.24. The van der Waals surface area contributed by atoms with Crippen LogP contribution in [-0.4, -0.2) is 15.5 Å². The van der Waals surface area contributed by atoms with Gasteiger partial charge in [-0.15, -0.1) is 0 Å². The van der Waals surface area contributed by atoms with Crippen molar-refractivity contribution in [3.63, 3.8) is 0 Å². The first-order chi connectivity index (χ1) is 9.42. The zero-order valence-corrected chi connectivity index (χ0v) is 12.1. The predicted molar refractivity (Wildman–Crippen MR) is 79.4 cm³/mol. The summed E-state index contributed by atoms with van der Waals surface area (Å²) >= 11 is 0. The smallest absolute Gasteiger partial charge is 0.261 e. The first-order valence-corrected chi connectivity index (χ1v) is 7.44. The number of benzene rings is 2. The molecule has 6 heteroatoms. The molecule has 0 aliphatic rings. The van der Waals surface area contributed by atoms with Crippen molar-refractivity contribution < 1.29 is 13.2 Å². The highest BCUT2D eigenvalue weighted by molar-refractivity contribution is 7.92. The summed E-state index contributed by atoms with van der Waals surface area (Å²) in [6.45, 7) is 1.84. The van der Waals surface area contributed by atoms with Crippen molar-refractivity contribution in [2.24, 2.45) is 0 Å². The van der Waals surface area contributed by atoms with E-state index in [-0.39, 0.29) is 4.90 Å². The summed E-state index contributed by atoms with van der Waals surface area (Å²) in [5.74, 6) is 0.705. The van der Waals surface area contributed by atoms with Gasteiger partial charge in [-0.25, -0.2) is 8.42 Å². The highest BCUT2D eigenvalue weighted by Gasteiger charge is 2.14. The minimum atomic E-state index is -3.64. The number of nitrogens with two attached hydrogens (primary N) is 1. The van der Waals surface area contributed by atoms with E-state index >= 15 is 0 Å². The quantitative estimate of drug-likeness (QED) is 0.848. The van der Waals surface area contributed by atoms with Gasteiger partial charge in [-0.05, 0) is 48.9 Å². The molecule has 0 spiro atoms. The Balaban J connectivity index is 2.31. The number of ether oxygens (including phenoxy) is 1. The number of nitrogens with one attached hydrogen (secondary N) is 1. The van der Waals surface area contributed by atoms with E-state index in [9.17, 15) is 8.42 Å². The van der Waals surface area contributed by atoms with Gasteiger partial charge in [-0.1, -0.05) is 6.07 Å². The average molecular weight is 292 g/mol. The number of aryl methyl sites for hydroxylation is 1. The van der Waals surface area contributed by atoms with Crippen molar-refractivity contribution in [2.75, 3.05) is 17.6 Å². The Bertz CT molecular complexity index is 727. The van der Waals surface area contributed by atoms with Gasteiger partial charge >= 0.3 is 0 Å². The van der Waals surface area contributed by atoms with E-state index in [1.54, 1.807) is 37.4 Å². The zero-order chi connectivity index (χ0) is 14.8. The molecule has 0 atom stereocenters. The third kappa shape index (κ3) is 3.03. The number of rotatable bonds is 4. The summed E-state index contributed by atoms with van der Waals surface area (Å²) in [7, 11) is -2.07. The molecule has 106 valence electrons. The SMILES string of the molecule is COc1ccc(NS(=O)(=O)c2cccc(N)c2)cc1C. The van der Waals surface area contributed by atoms with Crippen LogP contribution < -0.4 is 15.2 Å². The second-order valence-electron chi connectivity index (χ2n) is 4.36. The molecule has 0 unspecified atom stereocenters. The normalized spacial score (nSPS) is 11.1. The van der Waals surface area contributed by atoms with Crippen LogP contribution >= 0.6 is 0 Å². The number of hydrogen-bond donors (Lipinski definition) is 2. The fourth-order valence-electron chi connectivity index (χ4n) is 1.84. The largest absolute Gasteiger partial charge is 0.496 e. The topological polar surface area (TPSA) is 81.4 Å². The molecule has 0 fully saturated rings. The van der Waals surface area contributed by atoms with E-state index in [4.69, 9.17) is 10.5 Å². The summed E-state index contributed by atoms with van der Waals surface area (Å²) in [5, 5.41) is 0. The first kappa shape index (κ1) is 14.2. The molecule has 0 bridgehead atoms. The number of sulfonamides is 1. The lowest BCUT2D eigenvalue weighted by Crippen LogP contribution is -2.13. The van der Waals surface area contributed by atoms with Gasteiger partial charge in [0.1, 0.15) is 5.75 Å². The maximum absolute atomic E-state index is 12.2. The lowest BCUT2D eigenvalue weighted by molar-refractivity contribution is 0.412. The van der Waals surface area contributed by atoms with E-state index in [1.807, 2.05) is 6.92 Å². The minimum absolute atomic E-state index is 0.131. The van der Waals surface area contributed by atoms with E-state index in [0.717, 1.165) is 5.56 Å². The van der Waals surface area contributed by atoms with Crippen molar-refractivity contribution in [3.05, 3.63) is 48.0 Å². The van der Waals surface area contributed by atoms with Crippen molar-refractivity contribution in [3.8, 4) is 5.75 Å². The molecule has 2 rings (SSSR count). The lowest BCUT2D eigenvalue weighted by Gasteiger charge is -2.11. The van der Waals surface area contributed by atoms with Crippen LogP contribution in [0.2, 0.25) is 0 Å². The maximum atomic E-state index is 12.2. The Morgan fingerprint density at radius 2 is 1.90 bits per heavy atom. The van der Waals surface area contributed by atoms with E-state index in [0.29, 0.717) is 17.1 Å². The van der Waals surface area contributed by atoms with Crippen LogP contribution in [0.3, 0.4) is 0 Å². The number of nitrogen functional groups attached to an aromatic ring is 1. The van der Waals surface area contributed by atoms with Gasteiger partial charge in [-0.3, -0.25) is 4.72 Å². The first-order valence-electron chi connectivity index (χ1n) is 5.95. The zero-order valence-electron chi connectivity index (χ0n) is 11.3. The van der Waals surface area contributed by atoms with Gasteiger partial charge in [0.15, 0.2) is 0 Å².